The topological polar surface area (TPSA) is 142 Å². The molecule has 0 saturated heterocycles. The summed E-state index contributed by atoms with van der Waals surface area (Å²) in [6, 6.07) is 75.5. The lowest BCUT2D eigenvalue weighted by Gasteiger charge is -2.19. The fourth-order valence-electron chi connectivity index (χ4n) is 10.1. The highest BCUT2D eigenvalue weighted by atomic mass is 15.1. The molecular weight excluding hydrogens is 881 g/mol. The van der Waals surface area contributed by atoms with Crippen molar-refractivity contribution in [2.45, 2.75) is 0 Å². The quantitative estimate of drug-likeness (QED) is 0.156. The van der Waals surface area contributed by atoms with Crippen molar-refractivity contribution in [3.8, 4) is 97.4 Å². The van der Waals surface area contributed by atoms with Gasteiger partial charge in [-0.25, -0.2) is 0 Å². The first-order chi connectivity index (χ1) is 35.4. The van der Waals surface area contributed by atoms with E-state index in [1.165, 1.54) is 0 Å². The molecule has 72 heavy (non-hydrogen) atoms. The second-order valence-corrected chi connectivity index (χ2v) is 17.6. The van der Waals surface area contributed by atoms with Crippen LogP contribution >= 0.6 is 0 Å². The van der Waals surface area contributed by atoms with Crippen molar-refractivity contribution in [3.05, 3.63) is 234 Å². The van der Waals surface area contributed by atoms with Crippen LogP contribution < -0.4 is 0 Å². The summed E-state index contributed by atoms with van der Waals surface area (Å²) >= 11 is 0. The van der Waals surface area contributed by atoms with Crippen molar-refractivity contribution in [2.75, 3.05) is 0 Å². The Labute approximate surface area is 413 Å². The van der Waals surface area contributed by atoms with E-state index in [0.29, 0.717) is 33.4 Å². The van der Waals surface area contributed by atoms with Gasteiger partial charge in [0.2, 0.25) is 0 Å². The second kappa shape index (κ2) is 17.4. The van der Waals surface area contributed by atoms with Crippen molar-refractivity contribution in [3.63, 3.8) is 0 Å². The highest BCUT2D eigenvalue weighted by molar-refractivity contribution is 6.14. The Bertz CT molecular complexity index is 4230. The Morgan fingerprint density at radius 2 is 0.639 bits per heavy atom. The molecule has 8 heteroatoms. The molecule has 0 N–H and O–H groups in total. The zero-order valence-corrected chi connectivity index (χ0v) is 38.2. The van der Waals surface area contributed by atoms with E-state index in [9.17, 15) is 26.3 Å². The third kappa shape index (κ3) is 7.17. The molecule has 12 aromatic rings. The van der Waals surface area contributed by atoms with Crippen molar-refractivity contribution < 1.29 is 0 Å². The molecule has 0 spiro atoms. The molecule has 0 aliphatic rings. The largest absolute Gasteiger partial charge is 0.307 e. The maximum Gasteiger partial charge on any atom is 0.0999 e. The molecule has 0 aliphatic heterocycles. The van der Waals surface area contributed by atoms with E-state index in [4.69, 9.17) is 0 Å². The molecule has 0 unspecified atom stereocenters. The van der Waals surface area contributed by atoms with Crippen LogP contribution in [0.15, 0.2) is 207 Å². The first-order valence-electron chi connectivity index (χ1n) is 23.1. The van der Waals surface area contributed by atoms with Gasteiger partial charge in [0, 0.05) is 45.1 Å². The number of pyridine rings is 1. The van der Waals surface area contributed by atoms with Crippen LogP contribution in [-0.4, -0.2) is 14.1 Å². The smallest absolute Gasteiger partial charge is 0.0999 e. The van der Waals surface area contributed by atoms with Crippen LogP contribution in [0.4, 0.5) is 0 Å². The lowest BCUT2D eigenvalue weighted by molar-refractivity contribution is 1.09. The summed E-state index contributed by atoms with van der Waals surface area (Å²) in [5.74, 6) is 0. The predicted molar refractivity (Wildman–Crippen MR) is 284 cm³/mol. The Balaban J connectivity index is 1.20. The van der Waals surface area contributed by atoms with Gasteiger partial charge in [-0.15, -0.1) is 0 Å². The van der Waals surface area contributed by atoms with E-state index in [1.807, 2.05) is 91.0 Å². The second-order valence-electron chi connectivity index (χ2n) is 17.6. The lowest BCUT2D eigenvalue weighted by atomic mass is 9.99. The molecule has 0 saturated carbocycles. The number of benzene rings is 9. The number of nitrogens with zero attached hydrogens (tertiary/aromatic N) is 8. The Kier molecular flexibility index (Phi) is 10.3. The van der Waals surface area contributed by atoms with E-state index < -0.39 is 0 Å². The minimum absolute atomic E-state index is 0.465. The molecule has 9 aromatic carbocycles. The fourth-order valence-corrected chi connectivity index (χ4v) is 10.1. The van der Waals surface area contributed by atoms with Gasteiger partial charge < -0.3 is 9.13 Å². The van der Waals surface area contributed by atoms with Crippen LogP contribution in [-0.2, 0) is 0 Å². The third-order valence-corrected chi connectivity index (χ3v) is 13.5. The van der Waals surface area contributed by atoms with Gasteiger partial charge in [-0.1, -0.05) is 78.9 Å². The zero-order valence-electron chi connectivity index (χ0n) is 38.2. The Morgan fingerprint density at radius 3 is 0.958 bits per heavy atom. The number of aromatic nitrogens is 3. The van der Waals surface area contributed by atoms with Crippen molar-refractivity contribution in [2.24, 2.45) is 0 Å². The monoisotopic (exact) mass is 914 g/mol. The van der Waals surface area contributed by atoms with Gasteiger partial charge in [0.15, 0.2) is 0 Å². The molecule has 8 nitrogen and oxygen atoms in total. The van der Waals surface area contributed by atoms with E-state index in [-0.39, 0.29) is 0 Å². The van der Waals surface area contributed by atoms with Gasteiger partial charge in [0.25, 0.3) is 0 Å². The molecule has 3 heterocycles. The first-order valence-corrected chi connectivity index (χ1v) is 23.1. The molecule has 0 radical (unpaired) electrons. The standard InChI is InChI=1S/C64H34N8/c65-34-40-6-1-10-44(24-40)48-15-19-59-55(28-48)56-29-49(45-11-2-7-41(25-45)35-66)16-20-60(56)71(59)63-32-53(38-69)54(52-14-5-23-70-39-52)33-64(63)72-61-21-17-50(46-12-3-8-42(26-46)36-67)30-57(61)58-31-51(18-22-62(58)72)47-13-4-9-43(27-47)37-68/h1-33,39H. The minimum Gasteiger partial charge on any atom is -0.307 e. The maximum atomic E-state index is 11.1. The lowest BCUT2D eigenvalue weighted by Crippen LogP contribution is -2.05. The van der Waals surface area contributed by atoms with Gasteiger partial charge in [-0.3, -0.25) is 4.98 Å². The first kappa shape index (κ1) is 42.5. The zero-order chi connectivity index (χ0) is 48.9. The normalized spacial score (nSPS) is 11.0. The molecule has 0 atom stereocenters. The minimum atomic E-state index is 0.465. The Hall–Kier alpha value is -10.8. The molecule has 330 valence electrons. The van der Waals surface area contributed by atoms with Crippen molar-refractivity contribution in [1.29, 1.82) is 26.3 Å². The van der Waals surface area contributed by atoms with Crippen LogP contribution in [0.2, 0.25) is 0 Å². The Morgan fingerprint density at radius 1 is 0.306 bits per heavy atom. The van der Waals surface area contributed by atoms with E-state index in [2.05, 4.69) is 123 Å². The summed E-state index contributed by atoms with van der Waals surface area (Å²) in [7, 11) is 0. The summed E-state index contributed by atoms with van der Waals surface area (Å²) in [6.45, 7) is 0. The van der Waals surface area contributed by atoms with Crippen LogP contribution in [0.3, 0.4) is 0 Å². The average Bonchev–Trinajstić information content (AvgIpc) is 3.96. The van der Waals surface area contributed by atoms with Gasteiger partial charge in [-0.05, 0) is 160 Å². The SMILES string of the molecule is N#Cc1cccc(-c2ccc3c(c2)c2cc(-c4cccc(C#N)c4)ccc2n3-c2cc(C#N)c(-c3cccnc3)cc2-n2c3ccc(-c4cccc(C#N)c4)cc3c3cc(-c4cccc(C#N)c4)ccc32)c1. The van der Waals surface area contributed by atoms with Crippen LogP contribution in [0.5, 0.6) is 0 Å². The van der Waals surface area contributed by atoms with Crippen molar-refractivity contribution >= 4 is 43.6 Å². The third-order valence-electron chi connectivity index (χ3n) is 13.5. The van der Waals surface area contributed by atoms with Crippen molar-refractivity contribution in [1.82, 2.24) is 14.1 Å². The highest BCUT2D eigenvalue weighted by Gasteiger charge is 2.24. The maximum absolute atomic E-state index is 11.1. The molecular formula is C64H34N8. The number of nitriles is 5. The van der Waals surface area contributed by atoms with E-state index in [0.717, 1.165) is 105 Å². The molecule has 12 rings (SSSR count). The van der Waals surface area contributed by atoms with E-state index >= 15 is 0 Å². The van der Waals surface area contributed by atoms with Crippen LogP contribution in [0, 0.1) is 56.7 Å². The molecule has 0 amide bonds. The highest BCUT2D eigenvalue weighted by Crippen LogP contribution is 2.44. The van der Waals surface area contributed by atoms with Gasteiger partial charge >= 0.3 is 0 Å². The average molecular weight is 915 g/mol. The van der Waals surface area contributed by atoms with Gasteiger partial charge in [-0.2, -0.15) is 26.3 Å². The molecule has 3 aromatic heterocycles. The summed E-state index contributed by atoms with van der Waals surface area (Å²) in [4.78, 5) is 4.48. The summed E-state index contributed by atoms with van der Waals surface area (Å²) in [5, 5.41) is 54.3. The molecule has 0 bridgehead atoms. The molecule has 0 fully saturated rings. The molecule has 0 aliphatic carbocycles. The number of hydrogen-bond acceptors (Lipinski definition) is 6. The number of hydrogen-bond donors (Lipinski definition) is 0. The van der Waals surface area contributed by atoms with Gasteiger partial charge in [0.05, 0.1) is 91.6 Å². The van der Waals surface area contributed by atoms with Crippen LogP contribution in [0.1, 0.15) is 27.8 Å². The van der Waals surface area contributed by atoms with Crippen LogP contribution in [0.25, 0.3) is 111 Å². The summed E-state index contributed by atoms with van der Waals surface area (Å²) < 4.78 is 4.51. The summed E-state index contributed by atoms with van der Waals surface area (Å²) in [5.41, 5.74) is 16.8. The van der Waals surface area contributed by atoms with Gasteiger partial charge in [0.1, 0.15) is 0 Å². The summed E-state index contributed by atoms with van der Waals surface area (Å²) in [6.07, 6.45) is 3.50. The predicted octanol–water partition coefficient (Wildman–Crippen LogP) is 15.0. The number of rotatable bonds is 7. The fraction of sp³-hybridized carbons (Fsp3) is 0. The van der Waals surface area contributed by atoms with E-state index in [1.54, 1.807) is 36.7 Å². The number of fused-ring (bicyclic) bond motifs is 6.